The summed E-state index contributed by atoms with van der Waals surface area (Å²) >= 11 is 0. The Bertz CT molecular complexity index is 629. The van der Waals surface area contributed by atoms with Gasteiger partial charge in [0, 0.05) is 5.92 Å². The van der Waals surface area contributed by atoms with Crippen molar-refractivity contribution in [1.82, 2.24) is 5.16 Å². The second-order valence-electron chi connectivity index (χ2n) is 6.47. The fourth-order valence-electron chi connectivity index (χ4n) is 3.44. The third kappa shape index (κ3) is 2.39. The lowest BCUT2D eigenvalue weighted by Crippen LogP contribution is -2.16. The molecule has 0 radical (unpaired) electrons. The topological polar surface area (TPSA) is 61.3 Å². The van der Waals surface area contributed by atoms with Crippen molar-refractivity contribution in [3.8, 4) is 16.9 Å². The molecular formula is C17H22N2O2. The minimum absolute atomic E-state index is 0.241. The van der Waals surface area contributed by atoms with Gasteiger partial charge < -0.3 is 15.0 Å². The number of ether oxygens (including phenoxy) is 1. The Kier molecular flexibility index (Phi) is 3.40. The highest BCUT2D eigenvalue weighted by atomic mass is 16.5. The molecule has 2 N–H and O–H groups in total. The van der Waals surface area contributed by atoms with E-state index in [9.17, 15) is 0 Å². The van der Waals surface area contributed by atoms with Gasteiger partial charge in [-0.2, -0.15) is 0 Å². The fourth-order valence-corrected chi connectivity index (χ4v) is 3.44. The number of nitrogens with zero attached hydrogens (tertiary/aromatic N) is 1. The van der Waals surface area contributed by atoms with Crippen LogP contribution in [0.3, 0.4) is 0 Å². The smallest absolute Gasteiger partial charge is 0.230 e. The van der Waals surface area contributed by atoms with Crippen LogP contribution in [0.2, 0.25) is 0 Å². The lowest BCUT2D eigenvalue weighted by Gasteiger charge is -2.25. The summed E-state index contributed by atoms with van der Waals surface area (Å²) in [4.78, 5) is 0. The number of hydrogen-bond acceptors (Lipinski definition) is 4. The Morgan fingerprint density at radius 1 is 1.29 bits per heavy atom. The molecule has 1 atom stereocenters. The molecule has 0 spiro atoms. The van der Waals surface area contributed by atoms with Crippen molar-refractivity contribution >= 4 is 5.88 Å². The monoisotopic (exact) mass is 286 g/mol. The van der Waals surface area contributed by atoms with Crippen LogP contribution in [0, 0.1) is 5.41 Å². The molecule has 1 unspecified atom stereocenters. The van der Waals surface area contributed by atoms with Gasteiger partial charge in [-0.1, -0.05) is 37.6 Å². The van der Waals surface area contributed by atoms with Gasteiger partial charge in [0.15, 0.2) is 0 Å². The Morgan fingerprint density at radius 2 is 2.00 bits per heavy atom. The second-order valence-corrected chi connectivity index (χ2v) is 6.47. The summed E-state index contributed by atoms with van der Waals surface area (Å²) in [5, 5.41) is 4.28. The van der Waals surface area contributed by atoms with E-state index in [4.69, 9.17) is 15.0 Å². The number of rotatable bonds is 3. The van der Waals surface area contributed by atoms with Crippen molar-refractivity contribution in [2.24, 2.45) is 5.41 Å². The number of benzene rings is 1. The van der Waals surface area contributed by atoms with E-state index < -0.39 is 0 Å². The molecule has 0 bridgehead atoms. The van der Waals surface area contributed by atoms with E-state index in [0.717, 1.165) is 29.0 Å². The summed E-state index contributed by atoms with van der Waals surface area (Å²) < 4.78 is 10.5. The third-order valence-corrected chi connectivity index (χ3v) is 4.71. The predicted molar refractivity (Wildman–Crippen MR) is 83.3 cm³/mol. The molecule has 0 amide bonds. The highest BCUT2D eigenvalue weighted by molar-refractivity contribution is 5.76. The second kappa shape index (κ2) is 5.10. The molecular weight excluding hydrogens is 264 g/mol. The lowest BCUT2D eigenvalue weighted by molar-refractivity contribution is 0.314. The van der Waals surface area contributed by atoms with Gasteiger partial charge in [-0.05, 0) is 36.0 Å². The van der Waals surface area contributed by atoms with Gasteiger partial charge in [-0.15, -0.1) is 0 Å². The van der Waals surface area contributed by atoms with Crippen molar-refractivity contribution in [2.75, 3.05) is 12.8 Å². The minimum atomic E-state index is 0.241. The van der Waals surface area contributed by atoms with Crippen LogP contribution in [0.4, 0.5) is 5.88 Å². The average molecular weight is 286 g/mol. The molecule has 4 nitrogen and oxygen atoms in total. The Hall–Kier alpha value is -1.97. The first kappa shape index (κ1) is 14.0. The summed E-state index contributed by atoms with van der Waals surface area (Å²) in [5.41, 5.74) is 9.26. The highest BCUT2D eigenvalue weighted by Gasteiger charge is 2.39. The first-order valence-corrected chi connectivity index (χ1v) is 7.42. The van der Waals surface area contributed by atoms with Crippen LogP contribution in [0.25, 0.3) is 11.1 Å². The standard InChI is InChI=1S/C17H22N2O2/c1-17(2)10-4-5-13(17)15-14(16(18)21-19-15)11-6-8-12(20-3)9-7-11/h6-9,13H,4-5,10,18H2,1-3H3. The molecule has 0 saturated heterocycles. The fraction of sp³-hybridized carbons (Fsp3) is 0.471. The number of hydrogen-bond donors (Lipinski definition) is 1. The molecule has 1 aliphatic carbocycles. The van der Waals surface area contributed by atoms with Crippen LogP contribution >= 0.6 is 0 Å². The summed E-state index contributed by atoms with van der Waals surface area (Å²) in [6, 6.07) is 7.89. The summed E-state index contributed by atoms with van der Waals surface area (Å²) in [6.45, 7) is 4.60. The van der Waals surface area contributed by atoms with Crippen LogP contribution < -0.4 is 10.5 Å². The number of methoxy groups -OCH3 is 1. The Balaban J connectivity index is 2.04. The molecule has 1 aromatic heterocycles. The quantitative estimate of drug-likeness (QED) is 0.917. The van der Waals surface area contributed by atoms with Crippen LogP contribution in [0.1, 0.15) is 44.7 Å². The first-order valence-electron chi connectivity index (χ1n) is 7.42. The van der Waals surface area contributed by atoms with Crippen LogP contribution in [-0.2, 0) is 0 Å². The van der Waals surface area contributed by atoms with Gasteiger partial charge in [0.2, 0.25) is 5.88 Å². The molecule has 4 heteroatoms. The predicted octanol–water partition coefficient (Wildman–Crippen LogP) is 4.23. The average Bonchev–Trinajstić information content (AvgIpc) is 3.01. The van der Waals surface area contributed by atoms with E-state index in [0.29, 0.717) is 11.8 Å². The van der Waals surface area contributed by atoms with E-state index in [-0.39, 0.29) is 5.41 Å². The molecule has 3 rings (SSSR count). The Labute approximate surface area is 125 Å². The molecule has 1 saturated carbocycles. The van der Waals surface area contributed by atoms with Gasteiger partial charge in [-0.25, -0.2) is 0 Å². The summed E-state index contributed by atoms with van der Waals surface area (Å²) in [7, 11) is 1.66. The molecule has 1 fully saturated rings. The van der Waals surface area contributed by atoms with Crippen LogP contribution in [-0.4, -0.2) is 12.3 Å². The van der Waals surface area contributed by atoms with Crippen molar-refractivity contribution in [2.45, 2.75) is 39.0 Å². The first-order chi connectivity index (χ1) is 10.0. The highest BCUT2D eigenvalue weighted by Crippen LogP contribution is 2.51. The number of nitrogens with two attached hydrogens (primary N) is 1. The zero-order chi connectivity index (χ0) is 15.0. The van der Waals surface area contributed by atoms with Gasteiger partial charge in [0.1, 0.15) is 5.75 Å². The number of nitrogen functional groups attached to an aromatic ring is 1. The van der Waals surface area contributed by atoms with E-state index in [1.807, 2.05) is 24.3 Å². The molecule has 112 valence electrons. The number of anilines is 1. The maximum Gasteiger partial charge on any atom is 0.230 e. The normalized spacial score (nSPS) is 20.6. The van der Waals surface area contributed by atoms with E-state index in [1.165, 1.54) is 12.8 Å². The van der Waals surface area contributed by atoms with Gasteiger partial charge in [0.25, 0.3) is 0 Å². The molecule has 21 heavy (non-hydrogen) atoms. The molecule has 0 aliphatic heterocycles. The molecule has 1 aromatic carbocycles. The zero-order valence-electron chi connectivity index (χ0n) is 12.8. The van der Waals surface area contributed by atoms with E-state index >= 15 is 0 Å². The van der Waals surface area contributed by atoms with Crippen LogP contribution in [0.5, 0.6) is 5.75 Å². The Morgan fingerprint density at radius 3 is 2.57 bits per heavy atom. The van der Waals surface area contributed by atoms with E-state index in [1.54, 1.807) is 7.11 Å². The minimum Gasteiger partial charge on any atom is -0.497 e. The van der Waals surface area contributed by atoms with Gasteiger partial charge >= 0.3 is 0 Å². The maximum absolute atomic E-state index is 6.04. The van der Waals surface area contributed by atoms with Crippen molar-refractivity contribution in [3.63, 3.8) is 0 Å². The lowest BCUT2D eigenvalue weighted by atomic mass is 9.78. The van der Waals surface area contributed by atoms with Gasteiger partial charge in [-0.3, -0.25) is 0 Å². The summed E-state index contributed by atoms with van der Waals surface area (Å²) in [6.07, 6.45) is 3.58. The maximum atomic E-state index is 6.04. The largest absolute Gasteiger partial charge is 0.497 e. The molecule has 1 heterocycles. The van der Waals surface area contributed by atoms with Crippen LogP contribution in [0.15, 0.2) is 28.8 Å². The van der Waals surface area contributed by atoms with Crippen molar-refractivity contribution in [3.05, 3.63) is 30.0 Å². The molecule has 1 aliphatic rings. The van der Waals surface area contributed by atoms with Crippen molar-refractivity contribution < 1.29 is 9.26 Å². The van der Waals surface area contributed by atoms with E-state index in [2.05, 4.69) is 19.0 Å². The third-order valence-electron chi connectivity index (χ3n) is 4.71. The zero-order valence-corrected chi connectivity index (χ0v) is 12.8. The van der Waals surface area contributed by atoms with Gasteiger partial charge in [0.05, 0.1) is 18.4 Å². The molecule has 2 aromatic rings. The summed E-state index contributed by atoms with van der Waals surface area (Å²) in [5.74, 6) is 1.63. The van der Waals surface area contributed by atoms with Crippen molar-refractivity contribution in [1.29, 1.82) is 0 Å². The number of aromatic nitrogens is 1. The SMILES string of the molecule is COc1ccc(-c2c(C3CCCC3(C)C)noc2N)cc1.